The van der Waals surface area contributed by atoms with Crippen molar-refractivity contribution in [2.24, 2.45) is 0 Å². The van der Waals surface area contributed by atoms with Gasteiger partial charge in [-0.2, -0.15) is 0 Å². The van der Waals surface area contributed by atoms with Gasteiger partial charge in [-0.1, -0.05) is 24.3 Å². The first-order valence-electron chi connectivity index (χ1n) is 8.69. The number of nitrogens with zero attached hydrogens (tertiary/aromatic N) is 2. The van der Waals surface area contributed by atoms with Crippen molar-refractivity contribution < 1.29 is 17.9 Å². The van der Waals surface area contributed by atoms with E-state index in [0.29, 0.717) is 33.9 Å². The molecule has 2 aromatic carbocycles. The number of fused-ring (bicyclic) bond motifs is 1. The van der Waals surface area contributed by atoms with Gasteiger partial charge >= 0.3 is 0 Å². The van der Waals surface area contributed by atoms with E-state index in [-0.39, 0.29) is 5.75 Å². The Kier molecular flexibility index (Phi) is 5.60. The van der Waals surface area contributed by atoms with Gasteiger partial charge in [-0.15, -0.1) is 0 Å². The summed E-state index contributed by atoms with van der Waals surface area (Å²) in [6.45, 7) is 3.08. The molecule has 1 atom stereocenters. The number of nitrogens with one attached hydrogen (secondary N) is 1. The van der Waals surface area contributed by atoms with E-state index in [2.05, 4.69) is 15.3 Å². The molecule has 0 aliphatic heterocycles. The molecule has 0 saturated heterocycles. The molecule has 1 amide bonds. The number of amides is 1. The molecule has 146 valence electrons. The van der Waals surface area contributed by atoms with Crippen molar-refractivity contribution in [1.29, 1.82) is 0 Å². The predicted molar refractivity (Wildman–Crippen MR) is 108 cm³/mol. The number of carbonyl (C=O) groups excluding carboxylic acids is 1. The summed E-state index contributed by atoms with van der Waals surface area (Å²) in [7, 11) is -2.32. The summed E-state index contributed by atoms with van der Waals surface area (Å²) in [5.74, 6) is -0.537. The summed E-state index contributed by atoms with van der Waals surface area (Å²) >= 11 is 0. The SMILES string of the molecule is COc1ccccc1NC(=O)C(C)S(=O)(=O)Cc1nc2ccccc2nc1C. The average Bonchev–Trinajstić information content (AvgIpc) is 2.68. The average molecular weight is 399 g/mol. The third-order valence-electron chi connectivity index (χ3n) is 4.45. The van der Waals surface area contributed by atoms with Gasteiger partial charge < -0.3 is 10.1 Å². The van der Waals surface area contributed by atoms with Crippen LogP contribution in [0, 0.1) is 6.92 Å². The predicted octanol–water partition coefficient (Wildman–Crippen LogP) is 2.89. The Labute approximate surface area is 163 Å². The van der Waals surface area contributed by atoms with Crippen LogP contribution in [-0.4, -0.2) is 36.7 Å². The minimum Gasteiger partial charge on any atom is -0.495 e. The number of hydrogen-bond acceptors (Lipinski definition) is 6. The first-order chi connectivity index (χ1) is 13.3. The van der Waals surface area contributed by atoms with E-state index in [1.165, 1.54) is 14.0 Å². The van der Waals surface area contributed by atoms with Crippen molar-refractivity contribution in [2.75, 3.05) is 12.4 Å². The molecular formula is C20H21N3O4S. The Morgan fingerprint density at radius 2 is 1.68 bits per heavy atom. The summed E-state index contributed by atoms with van der Waals surface area (Å²) in [6.07, 6.45) is 0. The molecule has 8 heteroatoms. The fraction of sp³-hybridized carbons (Fsp3) is 0.250. The van der Waals surface area contributed by atoms with Crippen LogP contribution < -0.4 is 10.1 Å². The Hall–Kier alpha value is -3.00. The fourth-order valence-electron chi connectivity index (χ4n) is 2.72. The minimum absolute atomic E-state index is 0.343. The van der Waals surface area contributed by atoms with Gasteiger partial charge in [0.05, 0.1) is 41.0 Å². The number of aryl methyl sites for hydroxylation is 1. The zero-order valence-corrected chi connectivity index (χ0v) is 16.7. The third-order valence-corrected chi connectivity index (χ3v) is 6.42. The highest BCUT2D eigenvalue weighted by Crippen LogP contribution is 2.24. The van der Waals surface area contributed by atoms with E-state index in [1.807, 2.05) is 18.2 Å². The second-order valence-corrected chi connectivity index (χ2v) is 8.70. The van der Waals surface area contributed by atoms with Crippen molar-refractivity contribution >= 4 is 32.5 Å². The normalized spacial score (nSPS) is 12.5. The Balaban J connectivity index is 1.82. The van der Waals surface area contributed by atoms with Crippen LogP contribution >= 0.6 is 0 Å². The number of methoxy groups -OCH3 is 1. The monoisotopic (exact) mass is 399 g/mol. The lowest BCUT2D eigenvalue weighted by atomic mass is 10.2. The van der Waals surface area contributed by atoms with Crippen LogP contribution in [0.5, 0.6) is 5.75 Å². The van der Waals surface area contributed by atoms with Gasteiger partial charge in [0.25, 0.3) is 0 Å². The lowest BCUT2D eigenvalue weighted by molar-refractivity contribution is -0.115. The second-order valence-electron chi connectivity index (χ2n) is 6.38. The molecule has 28 heavy (non-hydrogen) atoms. The summed E-state index contributed by atoms with van der Waals surface area (Å²) in [6, 6.07) is 14.1. The molecule has 3 aromatic rings. The van der Waals surface area contributed by atoms with Crippen molar-refractivity contribution in [3.8, 4) is 5.75 Å². The Morgan fingerprint density at radius 1 is 1.07 bits per heavy atom. The van der Waals surface area contributed by atoms with Crippen LogP contribution in [0.4, 0.5) is 5.69 Å². The van der Waals surface area contributed by atoms with E-state index in [1.54, 1.807) is 37.3 Å². The molecule has 0 radical (unpaired) electrons. The quantitative estimate of drug-likeness (QED) is 0.684. The van der Waals surface area contributed by atoms with Gasteiger partial charge in [0.15, 0.2) is 9.84 Å². The molecule has 1 heterocycles. The summed E-state index contributed by atoms with van der Waals surface area (Å²) in [4.78, 5) is 21.4. The molecule has 7 nitrogen and oxygen atoms in total. The van der Waals surface area contributed by atoms with Crippen LogP contribution in [0.25, 0.3) is 11.0 Å². The molecule has 0 aliphatic carbocycles. The number of sulfone groups is 1. The smallest absolute Gasteiger partial charge is 0.242 e. The number of benzene rings is 2. The third kappa shape index (κ3) is 4.12. The van der Waals surface area contributed by atoms with Crippen LogP contribution in [-0.2, 0) is 20.4 Å². The minimum atomic E-state index is -3.80. The summed E-state index contributed by atoms with van der Waals surface area (Å²) in [5, 5.41) is 1.36. The molecule has 1 aromatic heterocycles. The maximum absolute atomic E-state index is 12.8. The maximum atomic E-state index is 12.8. The van der Waals surface area contributed by atoms with Gasteiger partial charge in [-0.05, 0) is 38.1 Å². The lowest BCUT2D eigenvalue weighted by Gasteiger charge is -2.15. The number of ether oxygens (including phenoxy) is 1. The van der Waals surface area contributed by atoms with E-state index in [0.717, 1.165) is 0 Å². The molecule has 0 aliphatic rings. The summed E-state index contributed by atoms with van der Waals surface area (Å²) < 4.78 is 30.8. The zero-order valence-electron chi connectivity index (χ0n) is 15.8. The summed E-state index contributed by atoms with van der Waals surface area (Å²) in [5.41, 5.74) is 2.60. The Morgan fingerprint density at radius 3 is 2.36 bits per heavy atom. The van der Waals surface area contributed by atoms with E-state index in [9.17, 15) is 13.2 Å². The molecular weight excluding hydrogens is 378 g/mol. The molecule has 1 N–H and O–H groups in total. The standard InChI is InChI=1S/C20H21N3O4S/c1-13-18(22-16-9-5-4-8-15(16)21-13)12-28(25,26)14(2)20(24)23-17-10-6-7-11-19(17)27-3/h4-11,14H,12H2,1-3H3,(H,23,24). The first-order valence-corrected chi connectivity index (χ1v) is 10.4. The molecule has 0 bridgehead atoms. The highest BCUT2D eigenvalue weighted by Gasteiger charge is 2.30. The number of carbonyl (C=O) groups is 1. The van der Waals surface area contributed by atoms with Crippen LogP contribution in [0.1, 0.15) is 18.3 Å². The van der Waals surface area contributed by atoms with Gasteiger partial charge in [0.1, 0.15) is 11.0 Å². The van der Waals surface area contributed by atoms with Gasteiger partial charge in [-0.25, -0.2) is 18.4 Å². The van der Waals surface area contributed by atoms with Crippen molar-refractivity contribution in [3.05, 3.63) is 59.9 Å². The number of anilines is 1. The molecule has 1 unspecified atom stereocenters. The first kappa shape index (κ1) is 19.8. The maximum Gasteiger partial charge on any atom is 0.242 e. The van der Waals surface area contributed by atoms with Crippen LogP contribution in [0.2, 0.25) is 0 Å². The van der Waals surface area contributed by atoms with Gasteiger partial charge in [-0.3, -0.25) is 4.79 Å². The number of para-hydroxylation sites is 4. The topological polar surface area (TPSA) is 98.2 Å². The van der Waals surface area contributed by atoms with E-state index in [4.69, 9.17) is 4.74 Å². The van der Waals surface area contributed by atoms with Gasteiger partial charge in [0, 0.05) is 0 Å². The largest absolute Gasteiger partial charge is 0.495 e. The molecule has 3 rings (SSSR count). The Bertz CT molecular complexity index is 1130. The molecule has 0 fully saturated rings. The zero-order chi connectivity index (χ0) is 20.3. The highest BCUT2D eigenvalue weighted by atomic mass is 32.2. The number of aromatic nitrogens is 2. The van der Waals surface area contributed by atoms with Crippen molar-refractivity contribution in [1.82, 2.24) is 9.97 Å². The molecule has 0 spiro atoms. The number of rotatable bonds is 6. The van der Waals surface area contributed by atoms with Crippen molar-refractivity contribution in [3.63, 3.8) is 0 Å². The number of hydrogen-bond donors (Lipinski definition) is 1. The van der Waals surface area contributed by atoms with E-state index >= 15 is 0 Å². The van der Waals surface area contributed by atoms with Gasteiger partial charge in [0.2, 0.25) is 5.91 Å². The second kappa shape index (κ2) is 7.93. The van der Waals surface area contributed by atoms with Crippen LogP contribution in [0.3, 0.4) is 0 Å². The van der Waals surface area contributed by atoms with Crippen LogP contribution in [0.15, 0.2) is 48.5 Å². The fourth-order valence-corrected chi connectivity index (χ4v) is 4.01. The molecule has 0 saturated carbocycles. The lowest BCUT2D eigenvalue weighted by Crippen LogP contribution is -2.33. The highest BCUT2D eigenvalue weighted by molar-refractivity contribution is 7.92. The van der Waals surface area contributed by atoms with E-state index < -0.39 is 21.0 Å². The van der Waals surface area contributed by atoms with Crippen molar-refractivity contribution in [2.45, 2.75) is 24.9 Å².